The topological polar surface area (TPSA) is 204 Å². The van der Waals surface area contributed by atoms with E-state index in [2.05, 4.69) is 0 Å². The largest absolute Gasteiger partial charge is 3.00 e. The van der Waals surface area contributed by atoms with E-state index in [0.29, 0.717) is 0 Å². The van der Waals surface area contributed by atoms with Crippen molar-refractivity contribution in [3.05, 3.63) is 0 Å². The summed E-state index contributed by atoms with van der Waals surface area (Å²) in [5.41, 5.74) is -2.97. The number of carbonyl (C=O) groups excluding carboxylic acids is 3. The second-order valence-electron chi connectivity index (χ2n) is 2.42. The van der Waals surface area contributed by atoms with Crippen LogP contribution in [0.2, 0.25) is 0 Å². The van der Waals surface area contributed by atoms with E-state index in [1.807, 2.05) is 0 Å². The van der Waals surface area contributed by atoms with E-state index in [9.17, 15) is 29.7 Å². The molecule has 5 N–H and O–H groups in total. The first-order valence-electron chi connectivity index (χ1n) is 3.11. The molecule has 0 aliphatic heterocycles. The Morgan fingerprint density at radius 2 is 1.19 bits per heavy atom. The first-order chi connectivity index (χ1) is 5.78. The molecule has 0 fully saturated rings. The van der Waals surface area contributed by atoms with Gasteiger partial charge in [-0.15, -0.1) is 0 Å². The van der Waals surface area contributed by atoms with Gasteiger partial charge in [0.25, 0.3) is 0 Å². The molecule has 0 heterocycles. The molecule has 1 radical (unpaired) electrons. The molecule has 0 saturated heterocycles. The molecule has 0 amide bonds. The van der Waals surface area contributed by atoms with E-state index in [-0.39, 0.29) is 28.0 Å². The summed E-state index contributed by atoms with van der Waals surface area (Å²) in [7, 11) is 0. The summed E-state index contributed by atoms with van der Waals surface area (Å²) in [4.78, 5) is 30.0. The van der Waals surface area contributed by atoms with Crippen LogP contribution < -0.4 is 15.3 Å². The van der Waals surface area contributed by atoms with Gasteiger partial charge in [0, 0.05) is 24.8 Å². The van der Waals surface area contributed by atoms with E-state index in [4.69, 9.17) is 5.11 Å². The van der Waals surface area contributed by atoms with Crippen molar-refractivity contribution in [1.29, 1.82) is 0 Å². The molecule has 95 valence electrons. The maximum absolute atomic E-state index is 10.1. The molecule has 0 saturated carbocycles. The number of carboxylic acids is 3. The molecule has 16 heavy (non-hydrogen) atoms. The summed E-state index contributed by atoms with van der Waals surface area (Å²) in [5, 5.41) is 38.9. The molecule has 0 aromatic rings. The first-order valence-corrected chi connectivity index (χ1v) is 3.11. The van der Waals surface area contributed by atoms with Crippen LogP contribution in [0, 0.1) is 0 Å². The summed E-state index contributed by atoms with van der Waals surface area (Å²) >= 11 is 0. The Labute approximate surface area is 99.8 Å². The minimum absolute atomic E-state index is 0. The zero-order valence-corrected chi connectivity index (χ0v) is 8.77. The van der Waals surface area contributed by atoms with Crippen LogP contribution in [0.25, 0.3) is 0 Å². The third-order valence-electron chi connectivity index (χ3n) is 1.25. The molecule has 0 atom stereocenters. The number of hydrogen-bond donors (Lipinski definition) is 1. The van der Waals surface area contributed by atoms with Crippen LogP contribution in [0.5, 0.6) is 0 Å². The van der Waals surface area contributed by atoms with Crippen LogP contribution in [0.3, 0.4) is 0 Å². The number of carbonyl (C=O) groups is 3. The number of hydrogen-bond acceptors (Lipinski definition) is 7. The zero-order valence-electron chi connectivity index (χ0n) is 7.66. The SMILES string of the molecule is O.O.O=C([O-])CC(O)(CC(=O)[O-])C(=O)[O-].[Fe+3]. The van der Waals surface area contributed by atoms with E-state index in [1.54, 1.807) is 0 Å². The Morgan fingerprint density at radius 3 is 1.31 bits per heavy atom. The van der Waals surface area contributed by atoms with E-state index in [0.717, 1.165) is 0 Å². The number of aliphatic hydroxyl groups is 1. The number of aliphatic carboxylic acids is 3. The Bertz CT molecular complexity index is 234. The molecular weight excluding hydrogens is 272 g/mol. The van der Waals surface area contributed by atoms with E-state index < -0.39 is 36.4 Å². The maximum atomic E-state index is 10.1. The summed E-state index contributed by atoms with van der Waals surface area (Å²) in [6, 6.07) is 0. The second-order valence-corrected chi connectivity index (χ2v) is 2.42. The second kappa shape index (κ2) is 9.07. The average Bonchev–Trinajstić information content (AvgIpc) is 1.82. The molecule has 0 aliphatic rings. The fourth-order valence-corrected chi connectivity index (χ4v) is 0.684. The number of carboxylic acid groups (broad SMARTS) is 3. The molecule has 0 unspecified atom stereocenters. The minimum Gasteiger partial charge on any atom is -0.550 e. The quantitative estimate of drug-likeness (QED) is 0.481. The standard InChI is InChI=1S/C6H8O7.Fe.2H2O/c7-3(8)1-6(13,5(11)12)2-4(9)10;;;/h13H,1-2H2,(H,7,8)(H,9,10)(H,11,12);;2*1H2/q;+3;;/p-3. The van der Waals surface area contributed by atoms with Gasteiger partial charge in [-0.2, -0.15) is 0 Å². The van der Waals surface area contributed by atoms with Gasteiger partial charge >= 0.3 is 17.1 Å². The van der Waals surface area contributed by atoms with Crippen LogP contribution in [0.15, 0.2) is 0 Å². The van der Waals surface area contributed by atoms with Gasteiger partial charge in [-0.05, 0) is 0 Å². The van der Waals surface area contributed by atoms with Crippen molar-refractivity contribution in [2.75, 3.05) is 0 Å². The van der Waals surface area contributed by atoms with Gasteiger partial charge in [0.2, 0.25) is 0 Å². The molecule has 0 aliphatic carbocycles. The summed E-state index contributed by atoms with van der Waals surface area (Å²) in [5.74, 6) is -5.98. The zero-order chi connectivity index (χ0) is 10.6. The van der Waals surface area contributed by atoms with Crippen molar-refractivity contribution in [1.82, 2.24) is 0 Å². The Balaban J connectivity index is -0.000000240. The molecule has 10 heteroatoms. The maximum Gasteiger partial charge on any atom is 3.00 e. The molecule has 0 aromatic heterocycles. The van der Waals surface area contributed by atoms with Crippen LogP contribution in [0.4, 0.5) is 0 Å². The van der Waals surface area contributed by atoms with Gasteiger partial charge in [-0.1, -0.05) is 0 Å². The monoisotopic (exact) mass is 281 g/mol. The van der Waals surface area contributed by atoms with E-state index in [1.165, 1.54) is 0 Å². The Hall–Kier alpha value is -1.19. The van der Waals surface area contributed by atoms with Crippen molar-refractivity contribution in [2.45, 2.75) is 18.4 Å². The number of rotatable bonds is 5. The fourth-order valence-electron chi connectivity index (χ4n) is 0.684. The fraction of sp³-hybridized carbons (Fsp3) is 0.500. The van der Waals surface area contributed by atoms with Gasteiger partial charge in [0.05, 0.1) is 5.97 Å². The van der Waals surface area contributed by atoms with Crippen LogP contribution >= 0.6 is 0 Å². The average molecular weight is 281 g/mol. The van der Waals surface area contributed by atoms with E-state index >= 15 is 0 Å². The molecule has 0 rings (SSSR count). The molecule has 0 spiro atoms. The predicted molar refractivity (Wildman–Crippen MR) is 36.4 cm³/mol. The minimum atomic E-state index is -2.97. The van der Waals surface area contributed by atoms with Gasteiger partial charge in [-0.25, -0.2) is 0 Å². The van der Waals surface area contributed by atoms with Crippen molar-refractivity contribution >= 4 is 17.9 Å². The van der Waals surface area contributed by atoms with Crippen molar-refractivity contribution < 1.29 is 62.8 Å². The van der Waals surface area contributed by atoms with Crippen LogP contribution in [0.1, 0.15) is 12.8 Å². The normalized spacial score (nSPS) is 8.81. The molecular formula is C6H9FeO9. The van der Waals surface area contributed by atoms with Crippen molar-refractivity contribution in [3.63, 3.8) is 0 Å². The van der Waals surface area contributed by atoms with Crippen molar-refractivity contribution in [3.8, 4) is 0 Å². The van der Waals surface area contributed by atoms with Gasteiger partial charge in [0.1, 0.15) is 5.60 Å². The molecule has 0 bridgehead atoms. The third-order valence-corrected chi connectivity index (χ3v) is 1.25. The Morgan fingerprint density at radius 1 is 0.938 bits per heavy atom. The van der Waals surface area contributed by atoms with Crippen molar-refractivity contribution in [2.24, 2.45) is 0 Å². The van der Waals surface area contributed by atoms with Gasteiger partial charge in [0.15, 0.2) is 0 Å². The summed E-state index contributed by atoms with van der Waals surface area (Å²) < 4.78 is 0. The molecule has 0 aromatic carbocycles. The Kier molecular flexibility index (Phi) is 13.7. The van der Waals surface area contributed by atoms with Gasteiger partial charge < -0.3 is 45.8 Å². The van der Waals surface area contributed by atoms with Gasteiger partial charge in [-0.3, -0.25) is 0 Å². The van der Waals surface area contributed by atoms with Crippen LogP contribution in [-0.2, 0) is 31.5 Å². The summed E-state index contributed by atoms with van der Waals surface area (Å²) in [6.45, 7) is 0. The van der Waals surface area contributed by atoms with Crippen LogP contribution in [-0.4, -0.2) is 39.6 Å². The first kappa shape index (κ1) is 24.2. The summed E-state index contributed by atoms with van der Waals surface area (Å²) in [6.07, 6.45) is -2.72. The smallest absolute Gasteiger partial charge is 0.550 e. The predicted octanol–water partition coefficient (Wildman–Crippen LogP) is -6.90. The third kappa shape index (κ3) is 8.15. The molecule has 9 nitrogen and oxygen atoms in total.